The molecule has 1 saturated carbocycles. The van der Waals surface area contributed by atoms with E-state index in [9.17, 15) is 8.42 Å². The summed E-state index contributed by atoms with van der Waals surface area (Å²) in [6.45, 7) is 0. The summed E-state index contributed by atoms with van der Waals surface area (Å²) in [6, 6.07) is 2.43. The molecular weight excluding hydrogens is 266 g/mol. The molecule has 0 saturated heterocycles. The van der Waals surface area contributed by atoms with Gasteiger partial charge >= 0.3 is 0 Å². The Morgan fingerprint density at radius 3 is 2.78 bits per heavy atom. The van der Waals surface area contributed by atoms with Crippen LogP contribution in [0.1, 0.15) is 37.3 Å². The first-order valence-electron chi connectivity index (χ1n) is 6.40. The SMILES string of the molecule is CNC(c1ccsc1)C1CCCC(S(C)(=O)=O)C1. The van der Waals surface area contributed by atoms with Gasteiger partial charge in [0.2, 0.25) is 0 Å². The average molecular weight is 287 g/mol. The number of nitrogens with one attached hydrogen (secondary N) is 1. The Balaban J connectivity index is 2.12. The van der Waals surface area contributed by atoms with E-state index in [4.69, 9.17) is 0 Å². The van der Waals surface area contributed by atoms with E-state index in [1.54, 1.807) is 11.3 Å². The minimum atomic E-state index is -2.89. The Bertz CT molecular complexity index is 467. The standard InChI is InChI=1S/C13H21NO2S2/c1-14-13(11-6-7-17-9-11)10-4-3-5-12(8-10)18(2,15)16/h6-7,9-10,12-14H,3-5,8H2,1-2H3. The molecule has 0 radical (unpaired) electrons. The zero-order valence-corrected chi connectivity index (χ0v) is 12.6. The van der Waals surface area contributed by atoms with Crippen LogP contribution >= 0.6 is 11.3 Å². The summed E-state index contributed by atoms with van der Waals surface area (Å²) in [4.78, 5) is 0. The first-order valence-corrected chi connectivity index (χ1v) is 9.30. The summed E-state index contributed by atoms with van der Waals surface area (Å²) in [6.07, 6.45) is 5.13. The maximum absolute atomic E-state index is 11.7. The van der Waals surface area contributed by atoms with Crippen LogP contribution in [0.25, 0.3) is 0 Å². The van der Waals surface area contributed by atoms with Crippen LogP contribution in [0, 0.1) is 5.92 Å². The molecule has 0 aliphatic heterocycles. The maximum Gasteiger partial charge on any atom is 0.150 e. The number of hydrogen-bond acceptors (Lipinski definition) is 4. The highest BCUT2D eigenvalue weighted by Gasteiger charge is 2.33. The molecule has 3 nitrogen and oxygen atoms in total. The molecular formula is C13H21NO2S2. The van der Waals surface area contributed by atoms with Crippen molar-refractivity contribution in [2.24, 2.45) is 5.92 Å². The third-order valence-electron chi connectivity index (χ3n) is 3.96. The molecule has 1 fully saturated rings. The van der Waals surface area contributed by atoms with Crippen molar-refractivity contribution >= 4 is 21.2 Å². The van der Waals surface area contributed by atoms with Crippen molar-refractivity contribution in [1.82, 2.24) is 5.32 Å². The van der Waals surface area contributed by atoms with Crippen molar-refractivity contribution < 1.29 is 8.42 Å². The van der Waals surface area contributed by atoms with Crippen LogP contribution in [0.5, 0.6) is 0 Å². The summed E-state index contributed by atoms with van der Waals surface area (Å²) in [5.74, 6) is 0.429. The predicted molar refractivity (Wildman–Crippen MR) is 76.7 cm³/mol. The van der Waals surface area contributed by atoms with Gasteiger partial charge in [0.15, 0.2) is 0 Å². The van der Waals surface area contributed by atoms with Gasteiger partial charge in [0.1, 0.15) is 9.84 Å². The fourth-order valence-electron chi connectivity index (χ4n) is 3.00. The van der Waals surface area contributed by atoms with Crippen molar-refractivity contribution in [3.63, 3.8) is 0 Å². The third-order valence-corrected chi connectivity index (χ3v) is 6.30. The summed E-state index contributed by atoms with van der Waals surface area (Å²) in [5, 5.41) is 7.45. The second-order valence-corrected chi connectivity index (χ2v) is 8.31. The minimum Gasteiger partial charge on any atom is -0.313 e. The summed E-state index contributed by atoms with van der Waals surface area (Å²) in [7, 11) is -0.930. The van der Waals surface area contributed by atoms with Crippen LogP contribution < -0.4 is 5.32 Å². The number of thiophene rings is 1. The van der Waals surface area contributed by atoms with Gasteiger partial charge in [-0.25, -0.2) is 8.42 Å². The first-order chi connectivity index (χ1) is 8.52. The van der Waals surface area contributed by atoms with Gasteiger partial charge in [-0.3, -0.25) is 0 Å². The van der Waals surface area contributed by atoms with Crippen LogP contribution in [0.3, 0.4) is 0 Å². The fraction of sp³-hybridized carbons (Fsp3) is 0.692. The van der Waals surface area contributed by atoms with Gasteiger partial charge in [0.25, 0.3) is 0 Å². The van der Waals surface area contributed by atoms with Gasteiger partial charge in [-0.2, -0.15) is 11.3 Å². The molecule has 102 valence electrons. The van der Waals surface area contributed by atoms with Gasteiger partial charge in [-0.1, -0.05) is 6.42 Å². The molecule has 3 atom stereocenters. The minimum absolute atomic E-state index is 0.147. The van der Waals surface area contributed by atoms with E-state index in [0.717, 1.165) is 25.7 Å². The molecule has 1 heterocycles. The lowest BCUT2D eigenvalue weighted by Crippen LogP contribution is -2.34. The molecule has 1 N–H and O–H groups in total. The monoisotopic (exact) mass is 287 g/mol. The van der Waals surface area contributed by atoms with Crippen LogP contribution in [0.4, 0.5) is 0 Å². The third kappa shape index (κ3) is 3.13. The Labute approximate surface area is 114 Å². The number of rotatable bonds is 4. The van der Waals surface area contributed by atoms with Crippen molar-refractivity contribution in [2.45, 2.75) is 37.0 Å². The second-order valence-electron chi connectivity index (χ2n) is 5.20. The normalized spacial score (nSPS) is 27.0. The smallest absolute Gasteiger partial charge is 0.150 e. The topological polar surface area (TPSA) is 46.2 Å². The largest absolute Gasteiger partial charge is 0.313 e. The summed E-state index contributed by atoms with van der Waals surface area (Å²) >= 11 is 1.70. The van der Waals surface area contributed by atoms with E-state index < -0.39 is 9.84 Å². The van der Waals surface area contributed by atoms with Crippen molar-refractivity contribution in [3.05, 3.63) is 22.4 Å². The highest BCUT2D eigenvalue weighted by molar-refractivity contribution is 7.91. The lowest BCUT2D eigenvalue weighted by molar-refractivity contribution is 0.283. The van der Waals surface area contributed by atoms with E-state index >= 15 is 0 Å². The molecule has 18 heavy (non-hydrogen) atoms. The van der Waals surface area contributed by atoms with Crippen LogP contribution in [0.15, 0.2) is 16.8 Å². The van der Waals surface area contributed by atoms with E-state index in [-0.39, 0.29) is 5.25 Å². The van der Waals surface area contributed by atoms with E-state index in [1.807, 2.05) is 7.05 Å². The van der Waals surface area contributed by atoms with Crippen LogP contribution in [-0.4, -0.2) is 27.0 Å². The van der Waals surface area contributed by atoms with E-state index in [2.05, 4.69) is 22.1 Å². The quantitative estimate of drug-likeness (QED) is 0.926. The fourth-order valence-corrected chi connectivity index (χ4v) is 4.89. The average Bonchev–Trinajstić information content (AvgIpc) is 2.83. The van der Waals surface area contributed by atoms with Gasteiger partial charge in [0.05, 0.1) is 5.25 Å². The Kier molecular flexibility index (Phi) is 4.45. The Morgan fingerprint density at radius 2 is 2.22 bits per heavy atom. The summed E-state index contributed by atoms with van der Waals surface area (Å²) in [5.41, 5.74) is 1.29. The predicted octanol–water partition coefficient (Wildman–Crippen LogP) is 2.61. The van der Waals surface area contributed by atoms with Crippen molar-refractivity contribution in [3.8, 4) is 0 Å². The van der Waals surface area contributed by atoms with Gasteiger partial charge < -0.3 is 5.32 Å². The van der Waals surface area contributed by atoms with Crippen molar-refractivity contribution in [2.75, 3.05) is 13.3 Å². The Hall–Kier alpha value is -0.390. The molecule has 1 aromatic rings. The zero-order chi connectivity index (χ0) is 13.2. The lowest BCUT2D eigenvalue weighted by atomic mass is 9.81. The molecule has 0 bridgehead atoms. The molecule has 3 unspecified atom stereocenters. The molecule has 0 aromatic carbocycles. The molecule has 0 amide bonds. The highest BCUT2D eigenvalue weighted by Crippen LogP contribution is 2.37. The van der Waals surface area contributed by atoms with Crippen LogP contribution in [0.2, 0.25) is 0 Å². The first kappa shape index (κ1) is 14.0. The molecule has 5 heteroatoms. The number of sulfone groups is 1. The molecule has 0 spiro atoms. The van der Waals surface area contributed by atoms with Crippen LogP contribution in [-0.2, 0) is 9.84 Å². The van der Waals surface area contributed by atoms with Gasteiger partial charge in [0, 0.05) is 12.3 Å². The van der Waals surface area contributed by atoms with Gasteiger partial charge in [-0.05, 0) is 54.6 Å². The second kappa shape index (κ2) is 5.72. The van der Waals surface area contributed by atoms with E-state index in [1.165, 1.54) is 11.8 Å². The molecule has 1 aliphatic rings. The van der Waals surface area contributed by atoms with Gasteiger partial charge in [-0.15, -0.1) is 0 Å². The molecule has 1 aliphatic carbocycles. The molecule has 2 rings (SSSR count). The Morgan fingerprint density at radius 1 is 1.44 bits per heavy atom. The maximum atomic E-state index is 11.7. The number of hydrogen-bond donors (Lipinski definition) is 1. The molecule has 1 aromatic heterocycles. The summed E-state index contributed by atoms with van der Waals surface area (Å²) < 4.78 is 23.4. The van der Waals surface area contributed by atoms with Crippen molar-refractivity contribution in [1.29, 1.82) is 0 Å². The zero-order valence-electron chi connectivity index (χ0n) is 10.9. The van der Waals surface area contributed by atoms with E-state index in [0.29, 0.717) is 12.0 Å². The lowest BCUT2D eigenvalue weighted by Gasteiger charge is -2.33. The highest BCUT2D eigenvalue weighted by atomic mass is 32.2.